The van der Waals surface area contributed by atoms with Crippen LogP contribution in [0.2, 0.25) is 0 Å². The molecule has 0 aromatic heterocycles. The molecule has 0 atom stereocenters. The molecule has 0 spiro atoms. The van der Waals surface area contributed by atoms with E-state index in [0.717, 1.165) is 0 Å². The van der Waals surface area contributed by atoms with Crippen LogP contribution in [0.3, 0.4) is 0 Å². The van der Waals surface area contributed by atoms with Crippen LogP contribution in [0.1, 0.15) is 0 Å². The first-order chi connectivity index (χ1) is 2.64. The van der Waals surface area contributed by atoms with E-state index in [4.69, 9.17) is 0 Å². The van der Waals surface area contributed by atoms with Gasteiger partial charge in [0.2, 0.25) is 0 Å². The molecule has 36 valence electrons. The molecule has 0 aliphatic heterocycles. The normalized spacial score (nSPS) is 6.86. The largest absolute Gasteiger partial charge is 1.00 e. The minimum atomic E-state index is -2.13. The van der Waals surface area contributed by atoms with E-state index < -0.39 is 19.7 Å². The van der Waals surface area contributed by atoms with Gasteiger partial charge < -0.3 is 0 Å². The Hall–Kier alpha value is 1.23. The minimum absolute atomic E-state index is 0. The van der Waals surface area contributed by atoms with Gasteiger partial charge in [-0.05, 0) is 5.73 Å². The molecule has 0 radical (unpaired) electrons. The van der Waals surface area contributed by atoms with Gasteiger partial charge in [-0.3, -0.25) is 4.39 Å². The summed E-state index contributed by atoms with van der Waals surface area (Å²) in [6.07, 6.45) is -2.13. The van der Waals surface area contributed by atoms with Crippen LogP contribution in [0.25, 0.3) is 0 Å². The van der Waals surface area contributed by atoms with Crippen molar-refractivity contribution in [2.75, 3.05) is 0 Å². The summed E-state index contributed by atoms with van der Waals surface area (Å²) < 4.78 is 32.5. The van der Waals surface area contributed by atoms with E-state index in [0.29, 0.717) is 0 Å². The van der Waals surface area contributed by atoms with Crippen LogP contribution in [-0.2, 0) is 0 Å². The number of halogens is 3. The van der Waals surface area contributed by atoms with E-state index in [1.165, 1.54) is 0 Å². The molecule has 5 heteroatoms. The molecule has 0 bridgehead atoms. The molecule has 0 heterocycles. The molecule has 0 saturated carbocycles. The summed E-state index contributed by atoms with van der Waals surface area (Å²) in [5.41, 5.74) is -1.16. The fraction of sp³-hybridized carbons (Fsp3) is 0. The molecule has 0 aliphatic carbocycles. The molecule has 0 saturated heterocycles. The standard InChI is InChI=1S/C2H3BF3.K/c3-1(4)2(5)6;/h3H3;/q-1;+1. The minimum Gasteiger partial charge on any atom is -0.254 e. The monoisotopic (exact) mass is 134 g/mol. The predicted molar refractivity (Wildman–Crippen MR) is 20.3 cm³/mol. The van der Waals surface area contributed by atoms with Crippen LogP contribution in [0.15, 0.2) is 11.8 Å². The zero-order chi connectivity index (χ0) is 5.15. The quantitative estimate of drug-likeness (QED) is 0.318. The second kappa shape index (κ2) is 5.37. The Labute approximate surface area is 83.0 Å². The fourth-order valence-electron chi connectivity index (χ4n) is 0. The van der Waals surface area contributed by atoms with E-state index in [2.05, 4.69) is 0 Å². The van der Waals surface area contributed by atoms with Gasteiger partial charge in [0, 0.05) is 7.85 Å². The maximum absolute atomic E-state index is 11.1. The summed E-state index contributed by atoms with van der Waals surface area (Å²) in [6.45, 7) is 0. The summed E-state index contributed by atoms with van der Waals surface area (Å²) in [7, 11) is -0.894. The maximum Gasteiger partial charge on any atom is 1.00 e. The second-order valence-electron chi connectivity index (χ2n) is 0.355. The van der Waals surface area contributed by atoms with Gasteiger partial charge in [-0.1, -0.05) is 0 Å². The van der Waals surface area contributed by atoms with Gasteiger partial charge in [-0.2, -0.15) is 8.78 Å². The average molecular weight is 134 g/mol. The molecule has 0 aromatic rings. The third-order valence-corrected chi connectivity index (χ3v) is 0.0714. The molecular formula is C2H3BF3K. The summed E-state index contributed by atoms with van der Waals surface area (Å²) in [5, 5.41) is 0. The van der Waals surface area contributed by atoms with Crippen LogP contribution >= 0.6 is 0 Å². The van der Waals surface area contributed by atoms with E-state index in [1.807, 2.05) is 0 Å². The van der Waals surface area contributed by atoms with Gasteiger partial charge >= 0.3 is 51.4 Å². The third kappa shape index (κ3) is 7.23. The smallest absolute Gasteiger partial charge is 0.254 e. The molecule has 0 unspecified atom stereocenters. The topological polar surface area (TPSA) is 0 Å². The summed E-state index contributed by atoms with van der Waals surface area (Å²) in [5.74, 6) is 0. The molecule has 7 heavy (non-hydrogen) atoms. The van der Waals surface area contributed by atoms with Crippen molar-refractivity contribution in [3.8, 4) is 0 Å². The first-order valence-corrected chi connectivity index (χ1v) is 0.817. The first kappa shape index (κ1) is 11.1. The van der Waals surface area contributed by atoms with E-state index >= 15 is 0 Å². The zero-order valence-electron chi connectivity index (χ0n) is 3.13. The maximum atomic E-state index is 11.1. The first-order valence-electron chi connectivity index (χ1n) is 0.817. The Morgan fingerprint density at radius 3 is 1.29 bits per heavy atom. The van der Waals surface area contributed by atoms with Crippen molar-refractivity contribution in [1.29, 1.82) is 0 Å². The van der Waals surface area contributed by atoms with Crippen molar-refractivity contribution in [1.82, 2.24) is 0 Å². The van der Waals surface area contributed by atoms with Crippen molar-refractivity contribution in [2.45, 2.75) is 0 Å². The Morgan fingerprint density at radius 2 is 1.29 bits per heavy atom. The van der Waals surface area contributed by atoms with Crippen LogP contribution in [0.5, 0.6) is 0 Å². The van der Waals surface area contributed by atoms with Gasteiger partial charge in [-0.25, -0.2) is 0 Å². The third-order valence-electron chi connectivity index (χ3n) is 0.0714. The molecule has 0 amide bonds. The fourth-order valence-corrected chi connectivity index (χ4v) is 0. The van der Waals surface area contributed by atoms with Crippen molar-refractivity contribution >= 4 is 7.85 Å². The van der Waals surface area contributed by atoms with Crippen LogP contribution in [0, 0.1) is 0 Å². The van der Waals surface area contributed by atoms with Crippen LogP contribution in [-0.4, -0.2) is 7.85 Å². The SMILES string of the molecule is [BH3-]C(F)=C(F)F.[K+]. The Morgan fingerprint density at radius 1 is 1.14 bits per heavy atom. The van der Waals surface area contributed by atoms with Crippen molar-refractivity contribution in [2.24, 2.45) is 0 Å². The predicted octanol–water partition coefficient (Wildman–Crippen LogP) is -2.61. The van der Waals surface area contributed by atoms with E-state index in [1.54, 1.807) is 0 Å². The Balaban J connectivity index is 0. The van der Waals surface area contributed by atoms with Crippen molar-refractivity contribution < 1.29 is 64.6 Å². The van der Waals surface area contributed by atoms with Gasteiger partial charge in [0.1, 0.15) is 0 Å². The summed E-state index contributed by atoms with van der Waals surface area (Å²) in [4.78, 5) is 0. The molecule has 0 rings (SSSR count). The summed E-state index contributed by atoms with van der Waals surface area (Å²) >= 11 is 0. The van der Waals surface area contributed by atoms with Crippen LogP contribution in [0.4, 0.5) is 13.2 Å². The molecular weight excluding hydrogens is 131 g/mol. The van der Waals surface area contributed by atoms with Gasteiger partial charge in [0.25, 0.3) is 6.08 Å². The number of rotatable bonds is 0. The van der Waals surface area contributed by atoms with Gasteiger partial charge in [0.15, 0.2) is 0 Å². The molecule has 0 aliphatic rings. The van der Waals surface area contributed by atoms with Crippen LogP contribution < -0.4 is 51.4 Å². The van der Waals surface area contributed by atoms with Gasteiger partial charge in [-0.15, -0.1) is 0 Å². The zero-order valence-corrected chi connectivity index (χ0v) is 6.26. The number of hydrogen-bond acceptors (Lipinski definition) is 0. The molecule has 0 nitrogen and oxygen atoms in total. The molecule has 0 fully saturated rings. The van der Waals surface area contributed by atoms with Crippen molar-refractivity contribution in [3.05, 3.63) is 11.8 Å². The second-order valence-corrected chi connectivity index (χ2v) is 0.355. The molecule has 0 N–H and O–H groups in total. The summed E-state index contributed by atoms with van der Waals surface area (Å²) in [6, 6.07) is 0. The Kier molecular flexibility index (Phi) is 8.50. The average Bonchev–Trinajstić information content (AvgIpc) is 1.36. The van der Waals surface area contributed by atoms with E-state index in [9.17, 15) is 13.2 Å². The molecule has 0 aromatic carbocycles. The van der Waals surface area contributed by atoms with Crippen molar-refractivity contribution in [3.63, 3.8) is 0 Å². The Bertz CT molecular complexity index is 63.0. The van der Waals surface area contributed by atoms with E-state index in [-0.39, 0.29) is 51.4 Å². The van der Waals surface area contributed by atoms with Gasteiger partial charge in [0.05, 0.1) is 0 Å². The number of hydrogen-bond donors (Lipinski definition) is 0.